The van der Waals surface area contributed by atoms with Crippen molar-refractivity contribution in [2.75, 3.05) is 7.05 Å². The maximum Gasteiger partial charge on any atom is 0.205 e. The Morgan fingerprint density at radius 1 is 1.79 bits per heavy atom. The van der Waals surface area contributed by atoms with Gasteiger partial charge < -0.3 is 21.5 Å². The normalized spacial score (nSPS) is 11.5. The van der Waals surface area contributed by atoms with E-state index in [0.717, 1.165) is 4.88 Å². The predicted octanol–water partition coefficient (Wildman–Crippen LogP) is 0.464. The molecule has 3 N–H and O–H groups in total. The molecule has 0 aromatic carbocycles. The molecule has 0 aliphatic heterocycles. The average molecular weight is 235 g/mol. The fourth-order valence-corrected chi connectivity index (χ4v) is 1.68. The maximum absolute atomic E-state index is 10.0. The number of nitrogens with zero attached hydrogens (tertiary/aromatic N) is 2. The van der Waals surface area contributed by atoms with E-state index >= 15 is 0 Å². The zero-order valence-corrected chi connectivity index (χ0v) is 8.95. The highest BCUT2D eigenvalue weighted by atomic mass is 35.5. The highest BCUT2D eigenvalue weighted by Gasteiger charge is 2.00. The topological polar surface area (TPSA) is 84.4 Å². The van der Waals surface area contributed by atoms with Crippen LogP contribution in [0.5, 0.6) is 0 Å². The lowest BCUT2D eigenvalue weighted by atomic mass is 10.5. The molecule has 0 aliphatic rings. The Hall–Kier alpha value is -0.890. The van der Waals surface area contributed by atoms with Crippen molar-refractivity contribution in [1.82, 2.24) is 21.3 Å². The summed E-state index contributed by atoms with van der Waals surface area (Å²) in [4.78, 5) is 8.62. The monoisotopic (exact) mass is 234 g/mol. The first-order chi connectivity index (χ1) is 6.76. The molecule has 0 unspecified atom stereocenters. The lowest BCUT2D eigenvalue weighted by Gasteiger charge is -2.13. The van der Waals surface area contributed by atoms with Crippen LogP contribution >= 0.6 is 22.9 Å². The molecule has 0 atom stereocenters. The molecule has 78 valence electrons. The van der Waals surface area contributed by atoms with Crippen LogP contribution in [0.15, 0.2) is 11.2 Å². The number of rotatable bonds is 3. The summed E-state index contributed by atoms with van der Waals surface area (Å²) in [5, 5.41) is 12.9. The quantitative estimate of drug-likeness (QED) is 0.402. The lowest BCUT2D eigenvalue weighted by molar-refractivity contribution is 0.761. The van der Waals surface area contributed by atoms with Crippen LogP contribution in [0.3, 0.4) is 0 Å². The second-order valence-corrected chi connectivity index (χ2v) is 3.93. The molecule has 6 nitrogen and oxygen atoms in total. The van der Waals surface area contributed by atoms with Crippen LogP contribution in [0.1, 0.15) is 4.88 Å². The summed E-state index contributed by atoms with van der Waals surface area (Å²) in [7, 11) is 1.56. The maximum atomic E-state index is 10.0. The van der Waals surface area contributed by atoms with E-state index in [9.17, 15) is 5.21 Å². The van der Waals surface area contributed by atoms with Crippen LogP contribution in [-0.4, -0.2) is 18.0 Å². The Kier molecular flexibility index (Phi) is 4.60. The summed E-state index contributed by atoms with van der Waals surface area (Å²) >= 11 is 7.01. The summed E-state index contributed by atoms with van der Waals surface area (Å²) in [5.41, 5.74) is 3.82. The summed E-state index contributed by atoms with van der Waals surface area (Å²) in [5.74, 6) is 0.365. The third-order valence-electron chi connectivity index (χ3n) is 1.35. The number of hydrogen-bond acceptors (Lipinski definition) is 5. The van der Waals surface area contributed by atoms with E-state index < -0.39 is 0 Å². The molecule has 8 heteroatoms. The molecule has 0 amide bonds. The van der Waals surface area contributed by atoms with Crippen molar-refractivity contribution in [2.24, 2.45) is 4.99 Å². The average Bonchev–Trinajstić information content (AvgIpc) is 2.59. The summed E-state index contributed by atoms with van der Waals surface area (Å²) in [6.45, 7) is 0.520. The summed E-state index contributed by atoms with van der Waals surface area (Å²) in [6.07, 6.45) is 1.66. The number of hydrogen-bond donors (Lipinski definition) is 3. The second kappa shape index (κ2) is 5.76. The first-order valence-electron chi connectivity index (χ1n) is 3.70. The van der Waals surface area contributed by atoms with E-state index in [4.69, 9.17) is 11.6 Å². The zero-order chi connectivity index (χ0) is 10.4. The molecule has 0 saturated carbocycles. The lowest BCUT2D eigenvalue weighted by Crippen LogP contribution is -2.42. The Morgan fingerprint density at radius 2 is 2.57 bits per heavy atom. The van der Waals surface area contributed by atoms with Gasteiger partial charge in [-0.3, -0.25) is 4.99 Å². The van der Waals surface area contributed by atoms with Crippen molar-refractivity contribution in [1.29, 1.82) is 0 Å². The summed E-state index contributed by atoms with van der Waals surface area (Å²) < 4.78 is 0.492. The molecule has 0 fully saturated rings. The Morgan fingerprint density at radius 3 is 3.07 bits per heavy atom. The van der Waals surface area contributed by atoms with Gasteiger partial charge in [-0.05, 0) is 0 Å². The van der Waals surface area contributed by atoms with Crippen molar-refractivity contribution in [3.63, 3.8) is 0 Å². The number of aliphatic imine (C=N–C) groups is 1. The highest BCUT2D eigenvalue weighted by molar-refractivity contribution is 7.15. The fourth-order valence-electron chi connectivity index (χ4n) is 0.764. The van der Waals surface area contributed by atoms with E-state index in [2.05, 4.69) is 20.7 Å². The van der Waals surface area contributed by atoms with Crippen LogP contribution in [0.4, 0.5) is 0 Å². The summed E-state index contributed by atoms with van der Waals surface area (Å²) in [6, 6.07) is 0. The molecule has 1 aromatic rings. The van der Waals surface area contributed by atoms with Crippen molar-refractivity contribution < 1.29 is 0 Å². The van der Waals surface area contributed by atoms with Crippen LogP contribution in [0.2, 0.25) is 4.47 Å². The van der Waals surface area contributed by atoms with E-state index in [1.165, 1.54) is 16.9 Å². The minimum absolute atomic E-state index is 0.365. The van der Waals surface area contributed by atoms with E-state index in [0.29, 0.717) is 17.0 Å². The molecule has 14 heavy (non-hydrogen) atoms. The van der Waals surface area contributed by atoms with Crippen molar-refractivity contribution in [3.8, 4) is 0 Å². The molecule has 1 heterocycles. The van der Waals surface area contributed by atoms with Crippen LogP contribution in [0, 0.1) is 5.21 Å². The van der Waals surface area contributed by atoms with Crippen LogP contribution < -0.4 is 16.3 Å². The van der Waals surface area contributed by atoms with E-state index in [1.807, 2.05) is 0 Å². The minimum Gasteiger partial charge on any atom is -0.770 e. The largest absolute Gasteiger partial charge is 0.770 e. The fraction of sp³-hybridized carbons (Fsp3) is 0.333. The number of thiazole rings is 1. The first kappa shape index (κ1) is 11.2. The van der Waals surface area contributed by atoms with Crippen molar-refractivity contribution >= 4 is 28.9 Å². The van der Waals surface area contributed by atoms with Crippen LogP contribution in [0.25, 0.3) is 0 Å². The van der Waals surface area contributed by atoms with Gasteiger partial charge in [0.15, 0.2) is 4.47 Å². The second-order valence-electron chi connectivity index (χ2n) is 2.23. The van der Waals surface area contributed by atoms with Crippen LogP contribution in [-0.2, 0) is 6.54 Å². The number of hydrazine groups is 1. The van der Waals surface area contributed by atoms with Gasteiger partial charge in [-0.2, -0.15) is 0 Å². The SMILES string of the molecule is CN=C(NCc1cnc(Cl)s1)NN[O-]. The van der Waals surface area contributed by atoms with Gasteiger partial charge in [-0.1, -0.05) is 11.6 Å². The molecule has 0 aliphatic carbocycles. The van der Waals surface area contributed by atoms with E-state index in [-0.39, 0.29) is 0 Å². The highest BCUT2D eigenvalue weighted by Crippen LogP contribution is 2.16. The zero-order valence-electron chi connectivity index (χ0n) is 7.37. The third kappa shape index (κ3) is 3.46. The smallest absolute Gasteiger partial charge is 0.205 e. The standard InChI is InChI=1S/C6H9ClN5OS/c1-8-6(11-12-13)10-3-4-2-9-5(7)14-4/h2,12H,3H2,1H3,(H2,8,10,11)/q-1. The number of nitrogens with one attached hydrogen (secondary N) is 3. The van der Waals surface area contributed by atoms with E-state index in [1.54, 1.807) is 13.2 Å². The Bertz CT molecular complexity index is 315. The number of aromatic nitrogens is 1. The molecule has 1 rings (SSSR count). The molecule has 0 radical (unpaired) electrons. The molecule has 0 spiro atoms. The van der Waals surface area contributed by atoms with Gasteiger partial charge in [0.05, 0.1) is 6.54 Å². The predicted molar refractivity (Wildman–Crippen MR) is 57.0 cm³/mol. The molecular formula is C6H9ClN5OS-. The van der Waals surface area contributed by atoms with Gasteiger partial charge in [0, 0.05) is 18.1 Å². The van der Waals surface area contributed by atoms with Crippen molar-refractivity contribution in [2.45, 2.75) is 6.54 Å². The minimum atomic E-state index is 0.365. The van der Waals surface area contributed by atoms with Gasteiger partial charge in [0.1, 0.15) is 0 Å². The molecular weight excluding hydrogens is 226 g/mol. The number of halogens is 1. The Labute approximate surface area is 90.0 Å². The van der Waals surface area contributed by atoms with Crippen molar-refractivity contribution in [3.05, 3.63) is 20.7 Å². The third-order valence-corrected chi connectivity index (χ3v) is 2.46. The van der Waals surface area contributed by atoms with Gasteiger partial charge in [0.25, 0.3) is 0 Å². The van der Waals surface area contributed by atoms with Gasteiger partial charge in [-0.15, -0.1) is 11.3 Å². The van der Waals surface area contributed by atoms with Gasteiger partial charge in [0.2, 0.25) is 5.96 Å². The molecule has 0 saturated heterocycles. The molecule has 0 bridgehead atoms. The number of guanidine groups is 1. The Balaban J connectivity index is 2.39. The first-order valence-corrected chi connectivity index (χ1v) is 4.89. The van der Waals surface area contributed by atoms with Gasteiger partial charge in [-0.25, -0.2) is 4.98 Å². The van der Waals surface area contributed by atoms with Gasteiger partial charge >= 0.3 is 0 Å². The molecule has 1 aromatic heterocycles.